The van der Waals surface area contributed by atoms with Crippen LogP contribution >= 0.6 is 34.2 Å². The molecule has 184 valence electrons. The zero-order valence-electron chi connectivity index (χ0n) is 19.8. The molecule has 0 saturated carbocycles. The lowest BCUT2D eigenvalue weighted by Crippen LogP contribution is -2.51. The van der Waals surface area contributed by atoms with E-state index in [-0.39, 0.29) is 25.0 Å². The number of benzene rings is 3. The summed E-state index contributed by atoms with van der Waals surface area (Å²) in [5.41, 5.74) is 1.87. The van der Waals surface area contributed by atoms with Crippen molar-refractivity contribution in [2.45, 2.75) is 38.8 Å². The average Bonchev–Trinajstić information content (AvgIpc) is 2.87. The lowest BCUT2D eigenvalue weighted by atomic mass is 10.0. The molecule has 0 spiro atoms. The summed E-state index contributed by atoms with van der Waals surface area (Å²) in [6, 6.07) is 23.9. The van der Waals surface area contributed by atoms with Crippen molar-refractivity contribution in [3.63, 3.8) is 0 Å². The van der Waals surface area contributed by atoms with Crippen LogP contribution in [0.3, 0.4) is 0 Å². The van der Waals surface area contributed by atoms with Crippen molar-refractivity contribution in [2.75, 3.05) is 13.2 Å². The van der Waals surface area contributed by atoms with Crippen LogP contribution in [0.5, 0.6) is 5.75 Å². The van der Waals surface area contributed by atoms with Gasteiger partial charge in [-0.15, -0.1) is 0 Å². The van der Waals surface area contributed by atoms with Gasteiger partial charge in [-0.2, -0.15) is 0 Å². The second-order valence-corrected chi connectivity index (χ2v) is 9.92. The van der Waals surface area contributed by atoms with Gasteiger partial charge in [0.15, 0.2) is 6.61 Å². The van der Waals surface area contributed by atoms with Crippen LogP contribution in [-0.4, -0.2) is 35.9 Å². The van der Waals surface area contributed by atoms with E-state index < -0.39 is 6.04 Å². The molecule has 3 aromatic carbocycles. The van der Waals surface area contributed by atoms with Gasteiger partial charge in [0.25, 0.3) is 5.91 Å². The fourth-order valence-corrected chi connectivity index (χ4v) is 4.09. The molecule has 3 rings (SSSR count). The molecule has 1 N–H and O–H groups in total. The van der Waals surface area contributed by atoms with Crippen molar-refractivity contribution in [1.82, 2.24) is 10.2 Å². The van der Waals surface area contributed by atoms with Gasteiger partial charge >= 0.3 is 0 Å². The number of nitrogens with zero attached hydrogens (tertiary/aromatic N) is 1. The summed E-state index contributed by atoms with van der Waals surface area (Å²) in [6.07, 6.45) is 2.26. The Balaban J connectivity index is 1.86. The SMILES string of the molecule is CCCCNC(=O)C(Cc1ccccc1)N(Cc1ccc(Cl)cc1)C(=O)COc1ccc(I)cc1. The first kappa shape index (κ1) is 27.0. The minimum Gasteiger partial charge on any atom is -0.484 e. The van der Waals surface area contributed by atoms with Gasteiger partial charge in [0.1, 0.15) is 11.8 Å². The average molecular weight is 605 g/mol. The van der Waals surface area contributed by atoms with Crippen LogP contribution in [0.2, 0.25) is 5.02 Å². The number of amides is 2. The summed E-state index contributed by atoms with van der Waals surface area (Å²) in [4.78, 5) is 28.5. The van der Waals surface area contributed by atoms with Crippen LogP contribution in [0.4, 0.5) is 0 Å². The lowest BCUT2D eigenvalue weighted by Gasteiger charge is -2.31. The number of hydrogen-bond donors (Lipinski definition) is 1. The molecule has 0 fully saturated rings. The molecule has 0 saturated heterocycles. The van der Waals surface area contributed by atoms with E-state index in [2.05, 4.69) is 34.8 Å². The fourth-order valence-electron chi connectivity index (χ4n) is 3.61. The van der Waals surface area contributed by atoms with Gasteiger partial charge < -0.3 is 15.0 Å². The van der Waals surface area contributed by atoms with E-state index in [1.165, 1.54) is 0 Å². The van der Waals surface area contributed by atoms with Gasteiger partial charge in [-0.25, -0.2) is 0 Å². The van der Waals surface area contributed by atoms with Crippen molar-refractivity contribution in [3.05, 3.63) is 98.6 Å². The fraction of sp³-hybridized carbons (Fsp3) is 0.286. The second-order valence-electron chi connectivity index (χ2n) is 8.24. The number of nitrogens with one attached hydrogen (secondary N) is 1. The predicted octanol–water partition coefficient (Wildman–Crippen LogP) is 5.88. The van der Waals surface area contributed by atoms with Gasteiger partial charge in [0.2, 0.25) is 5.91 Å². The monoisotopic (exact) mass is 604 g/mol. The van der Waals surface area contributed by atoms with Crippen LogP contribution in [0, 0.1) is 3.57 Å². The Morgan fingerprint density at radius 2 is 1.66 bits per heavy atom. The molecule has 1 atom stereocenters. The summed E-state index contributed by atoms with van der Waals surface area (Å²) in [6.45, 7) is 2.75. The number of carbonyl (C=O) groups excluding carboxylic acids is 2. The van der Waals surface area contributed by atoms with Gasteiger partial charge in [0, 0.05) is 28.1 Å². The Morgan fingerprint density at radius 3 is 2.31 bits per heavy atom. The Bertz CT molecular complexity index is 1080. The second kappa shape index (κ2) is 14.1. The van der Waals surface area contributed by atoms with Gasteiger partial charge in [0.05, 0.1) is 0 Å². The van der Waals surface area contributed by atoms with Crippen LogP contribution < -0.4 is 10.1 Å². The Labute approximate surface area is 226 Å². The predicted molar refractivity (Wildman–Crippen MR) is 149 cm³/mol. The van der Waals surface area contributed by atoms with E-state index in [4.69, 9.17) is 16.3 Å². The minimum atomic E-state index is -0.683. The molecule has 0 heterocycles. The number of unbranched alkanes of at least 4 members (excludes halogenated alkanes) is 1. The molecule has 3 aromatic rings. The molecule has 0 radical (unpaired) electrons. The van der Waals surface area contributed by atoms with E-state index in [0.29, 0.717) is 23.7 Å². The van der Waals surface area contributed by atoms with Crippen molar-refractivity contribution in [1.29, 1.82) is 0 Å². The summed E-state index contributed by atoms with van der Waals surface area (Å²) in [7, 11) is 0. The van der Waals surface area contributed by atoms with Crippen molar-refractivity contribution < 1.29 is 14.3 Å². The molecule has 2 amide bonds. The Morgan fingerprint density at radius 1 is 0.971 bits per heavy atom. The first-order valence-corrected chi connectivity index (χ1v) is 13.2. The normalized spacial score (nSPS) is 11.5. The summed E-state index contributed by atoms with van der Waals surface area (Å²) < 4.78 is 6.87. The Kier molecular flexibility index (Phi) is 10.9. The van der Waals surface area contributed by atoms with E-state index in [0.717, 1.165) is 27.5 Å². The topological polar surface area (TPSA) is 58.6 Å². The molecule has 0 bridgehead atoms. The third-order valence-corrected chi connectivity index (χ3v) is 6.51. The molecule has 0 aromatic heterocycles. The molecule has 5 nitrogen and oxygen atoms in total. The first-order chi connectivity index (χ1) is 17.0. The number of halogens is 2. The van der Waals surface area contributed by atoms with Crippen LogP contribution in [0.1, 0.15) is 30.9 Å². The highest BCUT2D eigenvalue weighted by molar-refractivity contribution is 14.1. The smallest absolute Gasteiger partial charge is 0.261 e. The standard InChI is InChI=1S/C28H30ClIN2O3/c1-2-3-17-31-28(34)26(18-21-7-5-4-6-8-21)32(19-22-9-11-23(29)12-10-22)27(33)20-35-25-15-13-24(30)14-16-25/h4-16,26H,2-3,17-20H2,1H3,(H,31,34). The maximum absolute atomic E-state index is 13.5. The largest absolute Gasteiger partial charge is 0.484 e. The molecule has 0 aliphatic carbocycles. The molecular weight excluding hydrogens is 575 g/mol. The quantitative estimate of drug-likeness (QED) is 0.208. The maximum atomic E-state index is 13.5. The van der Waals surface area contributed by atoms with Crippen molar-refractivity contribution in [2.24, 2.45) is 0 Å². The third kappa shape index (κ3) is 8.85. The Hall–Kier alpha value is -2.58. The minimum absolute atomic E-state index is 0.165. The zero-order chi connectivity index (χ0) is 25.0. The van der Waals surface area contributed by atoms with E-state index in [9.17, 15) is 9.59 Å². The number of rotatable bonds is 12. The number of ether oxygens (including phenoxy) is 1. The van der Waals surface area contributed by atoms with E-state index in [1.807, 2.05) is 66.7 Å². The third-order valence-electron chi connectivity index (χ3n) is 5.54. The summed E-state index contributed by atoms with van der Waals surface area (Å²) in [5.74, 6) is 0.182. The highest BCUT2D eigenvalue weighted by atomic mass is 127. The summed E-state index contributed by atoms with van der Waals surface area (Å²) >= 11 is 8.28. The van der Waals surface area contributed by atoms with Crippen LogP contribution in [0.25, 0.3) is 0 Å². The van der Waals surface area contributed by atoms with Crippen LogP contribution in [0.15, 0.2) is 78.9 Å². The summed E-state index contributed by atoms with van der Waals surface area (Å²) in [5, 5.41) is 3.64. The van der Waals surface area contributed by atoms with Gasteiger partial charge in [-0.3, -0.25) is 9.59 Å². The zero-order valence-corrected chi connectivity index (χ0v) is 22.7. The lowest BCUT2D eigenvalue weighted by molar-refractivity contribution is -0.142. The first-order valence-electron chi connectivity index (χ1n) is 11.7. The maximum Gasteiger partial charge on any atom is 0.261 e. The number of hydrogen-bond acceptors (Lipinski definition) is 3. The molecule has 7 heteroatoms. The molecule has 0 aliphatic heterocycles. The van der Waals surface area contributed by atoms with E-state index >= 15 is 0 Å². The van der Waals surface area contributed by atoms with E-state index in [1.54, 1.807) is 17.0 Å². The molecule has 0 aliphatic rings. The molecular formula is C28H30ClIN2O3. The van der Waals surface area contributed by atoms with Crippen molar-refractivity contribution >= 4 is 46.0 Å². The van der Waals surface area contributed by atoms with Gasteiger partial charge in [-0.05, 0) is 76.5 Å². The molecule has 1 unspecified atom stereocenters. The highest BCUT2D eigenvalue weighted by Crippen LogP contribution is 2.18. The van der Waals surface area contributed by atoms with Crippen LogP contribution in [-0.2, 0) is 22.6 Å². The van der Waals surface area contributed by atoms with Gasteiger partial charge in [-0.1, -0.05) is 67.4 Å². The van der Waals surface area contributed by atoms with Crippen molar-refractivity contribution in [3.8, 4) is 5.75 Å². The highest BCUT2D eigenvalue weighted by Gasteiger charge is 2.30. The number of carbonyl (C=O) groups is 2. The molecule has 35 heavy (non-hydrogen) atoms.